The molecule has 1 atom stereocenters. The van der Waals surface area contributed by atoms with Crippen molar-refractivity contribution < 1.29 is 18.0 Å². The highest BCUT2D eigenvalue weighted by atomic mass is 32.1. The van der Waals surface area contributed by atoms with Crippen LogP contribution >= 0.6 is 11.3 Å². The van der Waals surface area contributed by atoms with Crippen LogP contribution in [0.25, 0.3) is 0 Å². The Balaban J connectivity index is 2.00. The van der Waals surface area contributed by atoms with Gasteiger partial charge in [-0.05, 0) is 17.7 Å². The quantitative estimate of drug-likeness (QED) is 0.875. The van der Waals surface area contributed by atoms with Crippen LogP contribution in [0.4, 0.5) is 18.3 Å². The zero-order valence-electron chi connectivity index (χ0n) is 12.4. The Hall–Kier alpha value is -1.93. The van der Waals surface area contributed by atoms with Crippen LogP contribution in [0.5, 0.6) is 0 Å². The number of nitrogens with one attached hydrogen (secondary N) is 1. The number of benzene rings is 1. The van der Waals surface area contributed by atoms with Gasteiger partial charge in [0.2, 0.25) is 5.91 Å². The lowest BCUT2D eigenvalue weighted by Gasteiger charge is -2.07. The topological polar surface area (TPSA) is 68.0 Å². The fraction of sp³-hybridized carbons (Fsp3) is 0.333. The Morgan fingerprint density at radius 3 is 2.57 bits per heavy atom. The Kier molecular flexibility index (Phi) is 5.38. The maximum atomic E-state index is 12.5. The molecular weight excluding hydrogens is 327 g/mol. The van der Waals surface area contributed by atoms with E-state index in [9.17, 15) is 18.0 Å². The molecule has 1 amide bonds. The van der Waals surface area contributed by atoms with Gasteiger partial charge >= 0.3 is 6.18 Å². The summed E-state index contributed by atoms with van der Waals surface area (Å²) in [7, 11) is 0. The summed E-state index contributed by atoms with van der Waals surface area (Å²) in [5.74, 6) is -0.514. The lowest BCUT2D eigenvalue weighted by Crippen LogP contribution is -2.26. The molecule has 1 aromatic heterocycles. The molecule has 2 aromatic rings. The van der Waals surface area contributed by atoms with Gasteiger partial charge in [-0.2, -0.15) is 13.2 Å². The zero-order chi connectivity index (χ0) is 17.0. The maximum Gasteiger partial charge on any atom is 0.416 e. The van der Waals surface area contributed by atoms with Crippen LogP contribution in [-0.2, 0) is 17.4 Å². The van der Waals surface area contributed by atoms with Gasteiger partial charge in [-0.3, -0.25) is 4.79 Å². The smallest absolute Gasteiger partial charge is 0.330 e. The molecule has 0 bridgehead atoms. The predicted molar refractivity (Wildman–Crippen MR) is 83.2 cm³/mol. The molecule has 2 rings (SSSR count). The van der Waals surface area contributed by atoms with Gasteiger partial charge in [0, 0.05) is 30.0 Å². The molecule has 0 spiro atoms. The van der Waals surface area contributed by atoms with Crippen LogP contribution in [-0.4, -0.2) is 17.4 Å². The molecule has 0 aliphatic rings. The van der Waals surface area contributed by atoms with Crippen molar-refractivity contribution in [3.05, 3.63) is 46.5 Å². The third kappa shape index (κ3) is 4.77. The van der Waals surface area contributed by atoms with Crippen LogP contribution in [0.3, 0.4) is 0 Å². The number of aromatic nitrogens is 1. The Bertz CT molecular complexity index is 667. The van der Waals surface area contributed by atoms with Crippen LogP contribution in [0, 0.1) is 5.92 Å². The zero-order valence-corrected chi connectivity index (χ0v) is 13.2. The largest absolute Gasteiger partial charge is 0.416 e. The van der Waals surface area contributed by atoms with Gasteiger partial charge < -0.3 is 11.1 Å². The Morgan fingerprint density at radius 1 is 1.35 bits per heavy atom. The summed E-state index contributed by atoms with van der Waals surface area (Å²) in [6.07, 6.45) is -2.27. The molecule has 1 unspecified atom stereocenters. The minimum absolute atomic E-state index is 0.206. The van der Waals surface area contributed by atoms with E-state index in [0.29, 0.717) is 11.6 Å². The van der Waals surface area contributed by atoms with Crippen molar-refractivity contribution in [1.82, 2.24) is 4.98 Å². The molecular formula is C15H16F3N3OS. The van der Waals surface area contributed by atoms with E-state index >= 15 is 0 Å². The lowest BCUT2D eigenvalue weighted by atomic mass is 10.1. The van der Waals surface area contributed by atoms with Crippen molar-refractivity contribution >= 4 is 22.4 Å². The summed E-state index contributed by atoms with van der Waals surface area (Å²) in [4.78, 5) is 16.7. The summed E-state index contributed by atoms with van der Waals surface area (Å²) in [5.41, 5.74) is 5.49. The maximum absolute atomic E-state index is 12.5. The number of nitrogens with two attached hydrogens (primary N) is 1. The van der Waals surface area contributed by atoms with E-state index in [1.807, 2.05) is 0 Å². The summed E-state index contributed by atoms with van der Waals surface area (Å²) in [6.45, 7) is 1.96. The van der Waals surface area contributed by atoms with Crippen molar-refractivity contribution in [3.8, 4) is 0 Å². The molecule has 4 nitrogen and oxygen atoms in total. The van der Waals surface area contributed by atoms with Gasteiger partial charge in [-0.1, -0.05) is 19.1 Å². The number of halogens is 3. The van der Waals surface area contributed by atoms with E-state index in [1.54, 1.807) is 13.1 Å². The highest BCUT2D eigenvalue weighted by Crippen LogP contribution is 2.29. The van der Waals surface area contributed by atoms with Crippen molar-refractivity contribution in [1.29, 1.82) is 0 Å². The van der Waals surface area contributed by atoms with E-state index in [2.05, 4.69) is 10.3 Å². The summed E-state index contributed by atoms with van der Waals surface area (Å²) in [6, 6.07) is 5.00. The van der Waals surface area contributed by atoms with Crippen molar-refractivity contribution in [3.63, 3.8) is 0 Å². The predicted octanol–water partition coefficient (Wildman–Crippen LogP) is 3.29. The minimum atomic E-state index is -4.33. The highest BCUT2D eigenvalue weighted by molar-refractivity contribution is 7.15. The van der Waals surface area contributed by atoms with E-state index in [-0.39, 0.29) is 18.4 Å². The third-order valence-corrected chi connectivity index (χ3v) is 4.16. The molecule has 1 heterocycles. The number of alkyl halides is 3. The second-order valence-corrected chi connectivity index (χ2v) is 6.24. The average molecular weight is 343 g/mol. The SMILES string of the molecule is CC(CN)C(=O)Nc1ncc(Cc2ccc(C(F)(F)F)cc2)s1. The van der Waals surface area contributed by atoms with Gasteiger partial charge in [-0.15, -0.1) is 11.3 Å². The fourth-order valence-corrected chi connectivity index (χ4v) is 2.65. The summed E-state index contributed by atoms with van der Waals surface area (Å²) < 4.78 is 37.5. The first-order valence-corrected chi connectivity index (χ1v) is 7.73. The number of nitrogens with zero attached hydrogens (tertiary/aromatic N) is 1. The molecule has 23 heavy (non-hydrogen) atoms. The van der Waals surface area contributed by atoms with Gasteiger partial charge in [-0.25, -0.2) is 4.98 Å². The number of carbonyl (C=O) groups is 1. The second kappa shape index (κ2) is 7.10. The fourth-order valence-electron chi connectivity index (χ4n) is 1.80. The number of carbonyl (C=O) groups excluding carboxylic acids is 1. The minimum Gasteiger partial charge on any atom is -0.330 e. The van der Waals surface area contributed by atoms with E-state index in [1.165, 1.54) is 23.5 Å². The van der Waals surface area contributed by atoms with Crippen LogP contribution in [0.2, 0.25) is 0 Å². The molecule has 0 aliphatic heterocycles. The Labute approximate surface area is 135 Å². The number of hydrogen-bond donors (Lipinski definition) is 2. The highest BCUT2D eigenvalue weighted by Gasteiger charge is 2.29. The van der Waals surface area contributed by atoms with Crippen molar-refractivity contribution in [2.45, 2.75) is 19.5 Å². The van der Waals surface area contributed by atoms with E-state index in [0.717, 1.165) is 22.6 Å². The average Bonchev–Trinajstić information content (AvgIpc) is 2.93. The molecule has 8 heteroatoms. The van der Waals surface area contributed by atoms with Crippen LogP contribution in [0.1, 0.15) is 22.9 Å². The second-order valence-electron chi connectivity index (χ2n) is 5.13. The number of thiazole rings is 1. The Morgan fingerprint density at radius 2 is 2.00 bits per heavy atom. The molecule has 0 saturated heterocycles. The molecule has 0 saturated carbocycles. The van der Waals surface area contributed by atoms with Crippen molar-refractivity contribution in [2.75, 3.05) is 11.9 Å². The first-order valence-electron chi connectivity index (χ1n) is 6.91. The van der Waals surface area contributed by atoms with Gasteiger partial charge in [0.1, 0.15) is 0 Å². The molecule has 0 aliphatic carbocycles. The van der Waals surface area contributed by atoms with E-state index in [4.69, 9.17) is 5.73 Å². The monoisotopic (exact) mass is 343 g/mol. The number of hydrogen-bond acceptors (Lipinski definition) is 4. The lowest BCUT2D eigenvalue weighted by molar-refractivity contribution is -0.137. The molecule has 0 radical (unpaired) electrons. The van der Waals surface area contributed by atoms with Gasteiger partial charge in [0.15, 0.2) is 5.13 Å². The first-order chi connectivity index (χ1) is 10.8. The first kappa shape index (κ1) is 17.4. The van der Waals surface area contributed by atoms with Crippen LogP contribution < -0.4 is 11.1 Å². The van der Waals surface area contributed by atoms with E-state index < -0.39 is 11.7 Å². The number of amides is 1. The molecule has 1 aromatic carbocycles. The normalized spacial score (nSPS) is 12.9. The standard InChI is InChI=1S/C15H16F3N3OS/c1-9(7-19)13(22)21-14-20-8-12(23-14)6-10-2-4-11(5-3-10)15(16,17)18/h2-5,8-9H,6-7,19H2,1H3,(H,20,21,22). The summed E-state index contributed by atoms with van der Waals surface area (Å²) >= 11 is 1.29. The molecule has 0 fully saturated rings. The van der Waals surface area contributed by atoms with Gasteiger partial charge in [0.05, 0.1) is 5.56 Å². The third-order valence-electron chi connectivity index (χ3n) is 3.24. The summed E-state index contributed by atoms with van der Waals surface area (Å²) in [5, 5.41) is 3.12. The van der Waals surface area contributed by atoms with Gasteiger partial charge in [0.25, 0.3) is 0 Å². The molecule has 124 valence electrons. The number of anilines is 1. The van der Waals surface area contributed by atoms with Crippen molar-refractivity contribution in [2.24, 2.45) is 11.7 Å². The molecule has 3 N–H and O–H groups in total. The van der Waals surface area contributed by atoms with Crippen LogP contribution in [0.15, 0.2) is 30.5 Å². The number of rotatable bonds is 5.